The highest BCUT2D eigenvalue weighted by atomic mass is 35.5. The van der Waals surface area contributed by atoms with Crippen molar-refractivity contribution in [2.45, 2.75) is 56.0 Å². The fourth-order valence-corrected chi connectivity index (χ4v) is 6.91. The van der Waals surface area contributed by atoms with Crippen molar-refractivity contribution in [1.29, 1.82) is 0 Å². The Balaban J connectivity index is 1.44. The zero-order chi connectivity index (χ0) is 30.0. The largest absolute Gasteiger partial charge is 0.480 e. The smallest absolute Gasteiger partial charge is 0.264 e. The maximum Gasteiger partial charge on any atom is 0.264 e. The Morgan fingerprint density at radius 1 is 1.10 bits per heavy atom. The summed E-state index contributed by atoms with van der Waals surface area (Å²) in [5, 5.41) is 4.31. The van der Waals surface area contributed by atoms with E-state index in [9.17, 15) is 8.42 Å². The number of halogens is 2. The van der Waals surface area contributed by atoms with Crippen LogP contribution < -0.4 is 14.8 Å². The van der Waals surface area contributed by atoms with Crippen LogP contribution >= 0.6 is 11.6 Å². The van der Waals surface area contributed by atoms with Crippen LogP contribution in [0.3, 0.4) is 0 Å². The van der Waals surface area contributed by atoms with Crippen LogP contribution in [-0.2, 0) is 16.4 Å². The molecule has 0 saturated heterocycles. The lowest BCUT2D eigenvalue weighted by atomic mass is 9.90. The van der Waals surface area contributed by atoms with Gasteiger partial charge >= 0.3 is 0 Å². The lowest BCUT2D eigenvalue weighted by Crippen LogP contribution is -2.36. The summed E-state index contributed by atoms with van der Waals surface area (Å²) in [5.41, 5.74) is 2.79. The summed E-state index contributed by atoms with van der Waals surface area (Å²) in [7, 11) is 1.46. The normalized spacial score (nSPS) is 17.4. The highest BCUT2D eigenvalue weighted by Crippen LogP contribution is 2.36. The molecule has 1 aliphatic rings. The molecule has 0 atom stereocenters. The standard InChI is InChI=1S/C30H34ClFN6O3S/c1-5-18-14-19(15-20-17-33-30(35-27(18)20)34-21-10-12-22(13-11-21)38(2)3)23-16-25(32)28(36-29(23)41-4)37-42(39,40)26-9-7-6-8-24(26)31/h6-9,14-17,21-22H,5,10-13H2,1-4H3,(H,36,37)(H,33,34,35)/t21-,22-. The Morgan fingerprint density at radius 3 is 2.50 bits per heavy atom. The molecule has 4 aromatic rings. The minimum atomic E-state index is -4.19. The average Bonchev–Trinajstić information content (AvgIpc) is 2.97. The molecule has 2 N–H and O–H groups in total. The van der Waals surface area contributed by atoms with Crippen molar-refractivity contribution < 1.29 is 17.5 Å². The number of benzene rings is 2. The molecule has 5 rings (SSSR count). The number of sulfonamides is 1. The van der Waals surface area contributed by atoms with Crippen molar-refractivity contribution >= 4 is 44.3 Å². The van der Waals surface area contributed by atoms with Gasteiger partial charge in [0.1, 0.15) is 4.90 Å². The molecule has 2 aromatic carbocycles. The molecule has 1 fully saturated rings. The summed E-state index contributed by atoms with van der Waals surface area (Å²) < 4.78 is 48.8. The molecular weight excluding hydrogens is 579 g/mol. The Morgan fingerprint density at radius 2 is 1.83 bits per heavy atom. The van der Waals surface area contributed by atoms with Crippen molar-refractivity contribution in [3.63, 3.8) is 0 Å². The fraction of sp³-hybridized carbons (Fsp3) is 0.367. The van der Waals surface area contributed by atoms with E-state index in [2.05, 4.69) is 39.0 Å². The number of hydrogen-bond donors (Lipinski definition) is 2. The van der Waals surface area contributed by atoms with Gasteiger partial charge in [-0.1, -0.05) is 30.7 Å². The number of anilines is 2. The zero-order valence-electron chi connectivity index (χ0n) is 24.0. The monoisotopic (exact) mass is 612 g/mol. The van der Waals surface area contributed by atoms with Crippen molar-refractivity contribution in [2.75, 3.05) is 31.2 Å². The van der Waals surface area contributed by atoms with E-state index >= 15 is 4.39 Å². The zero-order valence-corrected chi connectivity index (χ0v) is 25.6. The van der Waals surface area contributed by atoms with Gasteiger partial charge in [-0.25, -0.2) is 22.8 Å². The summed E-state index contributed by atoms with van der Waals surface area (Å²) in [6.45, 7) is 2.03. The summed E-state index contributed by atoms with van der Waals surface area (Å²) in [6, 6.07) is 11.8. The van der Waals surface area contributed by atoms with Gasteiger partial charge in [0.05, 0.1) is 17.6 Å². The predicted molar refractivity (Wildman–Crippen MR) is 164 cm³/mol. The first-order valence-electron chi connectivity index (χ1n) is 13.8. The number of nitrogens with zero attached hydrogens (tertiary/aromatic N) is 4. The lowest BCUT2D eigenvalue weighted by Gasteiger charge is -2.32. The number of hydrogen-bond acceptors (Lipinski definition) is 8. The van der Waals surface area contributed by atoms with Gasteiger partial charge in [0, 0.05) is 29.2 Å². The van der Waals surface area contributed by atoms with Crippen molar-refractivity contribution in [3.8, 4) is 17.0 Å². The van der Waals surface area contributed by atoms with Gasteiger partial charge in [-0.15, -0.1) is 0 Å². The van der Waals surface area contributed by atoms with Crippen LogP contribution in [0.1, 0.15) is 38.2 Å². The number of ether oxygens (including phenoxy) is 1. The highest BCUT2D eigenvalue weighted by Gasteiger charge is 2.24. The second-order valence-electron chi connectivity index (χ2n) is 10.6. The van der Waals surface area contributed by atoms with Crippen molar-refractivity contribution in [3.05, 3.63) is 65.1 Å². The van der Waals surface area contributed by atoms with Gasteiger partial charge < -0.3 is 15.0 Å². The third kappa shape index (κ3) is 6.28. The second kappa shape index (κ2) is 12.4. The number of aryl methyl sites for hydroxylation is 1. The Bertz CT molecular complexity index is 1710. The van der Waals surface area contributed by atoms with E-state index in [-0.39, 0.29) is 15.8 Å². The van der Waals surface area contributed by atoms with E-state index < -0.39 is 21.7 Å². The molecule has 12 heteroatoms. The maximum absolute atomic E-state index is 15.3. The Labute approximate surface area is 250 Å². The number of nitrogens with one attached hydrogen (secondary N) is 2. The number of pyridine rings is 1. The van der Waals surface area contributed by atoms with Crippen LogP contribution in [-0.4, -0.2) is 61.6 Å². The molecule has 0 amide bonds. The second-order valence-corrected chi connectivity index (χ2v) is 12.7. The van der Waals surface area contributed by atoms with Gasteiger partial charge in [0.2, 0.25) is 11.8 Å². The van der Waals surface area contributed by atoms with E-state index in [1.165, 1.54) is 31.4 Å². The average molecular weight is 613 g/mol. The van der Waals surface area contributed by atoms with Crippen molar-refractivity contribution in [2.24, 2.45) is 0 Å². The maximum atomic E-state index is 15.3. The summed E-state index contributed by atoms with van der Waals surface area (Å²) in [4.78, 5) is 15.7. The molecule has 9 nitrogen and oxygen atoms in total. The molecule has 1 aliphatic carbocycles. The van der Waals surface area contributed by atoms with Crippen LogP contribution in [0.4, 0.5) is 16.2 Å². The lowest BCUT2D eigenvalue weighted by molar-refractivity contribution is 0.221. The van der Waals surface area contributed by atoms with E-state index in [4.69, 9.17) is 21.3 Å². The van der Waals surface area contributed by atoms with Gasteiger partial charge in [0.25, 0.3) is 10.0 Å². The van der Waals surface area contributed by atoms with Crippen LogP contribution in [0.5, 0.6) is 5.88 Å². The third-order valence-corrected chi connectivity index (χ3v) is 9.54. The molecule has 2 aromatic heterocycles. The van der Waals surface area contributed by atoms with Gasteiger partial charge in [0.15, 0.2) is 11.6 Å². The van der Waals surface area contributed by atoms with Gasteiger partial charge in [-0.3, -0.25) is 4.72 Å². The summed E-state index contributed by atoms with van der Waals surface area (Å²) in [5.74, 6) is -0.703. The topological polar surface area (TPSA) is 109 Å². The highest BCUT2D eigenvalue weighted by molar-refractivity contribution is 7.92. The van der Waals surface area contributed by atoms with Gasteiger partial charge in [-0.05, 0) is 87.7 Å². The number of rotatable bonds is 9. The van der Waals surface area contributed by atoms with E-state index in [1.54, 1.807) is 12.3 Å². The van der Waals surface area contributed by atoms with E-state index in [1.807, 2.05) is 19.1 Å². The quantitative estimate of drug-likeness (QED) is 0.232. The minimum absolute atomic E-state index is 0.00883. The molecule has 42 heavy (non-hydrogen) atoms. The number of aromatic nitrogens is 3. The molecule has 0 radical (unpaired) electrons. The van der Waals surface area contributed by atoms with Crippen LogP contribution in [0.25, 0.3) is 22.0 Å². The Kier molecular flexibility index (Phi) is 8.81. The fourth-order valence-electron chi connectivity index (χ4n) is 5.38. The first-order valence-corrected chi connectivity index (χ1v) is 15.7. The van der Waals surface area contributed by atoms with Crippen LogP contribution in [0, 0.1) is 5.82 Å². The summed E-state index contributed by atoms with van der Waals surface area (Å²) >= 11 is 6.06. The molecule has 0 unspecified atom stereocenters. The molecule has 0 spiro atoms. The summed E-state index contributed by atoms with van der Waals surface area (Å²) in [6.07, 6.45) is 6.84. The molecule has 2 heterocycles. The molecular formula is C30H34ClFN6O3S. The predicted octanol–water partition coefficient (Wildman–Crippen LogP) is 6.14. The van der Waals surface area contributed by atoms with Crippen LogP contribution in [0.2, 0.25) is 5.02 Å². The van der Waals surface area contributed by atoms with E-state index in [0.29, 0.717) is 35.6 Å². The first-order chi connectivity index (χ1) is 20.1. The third-order valence-electron chi connectivity index (χ3n) is 7.71. The number of fused-ring (bicyclic) bond motifs is 1. The van der Waals surface area contributed by atoms with Gasteiger partial charge in [-0.2, -0.15) is 4.98 Å². The molecule has 1 saturated carbocycles. The number of methoxy groups -OCH3 is 1. The Hall–Kier alpha value is -3.54. The van der Waals surface area contributed by atoms with Crippen molar-refractivity contribution in [1.82, 2.24) is 19.9 Å². The first kappa shape index (κ1) is 29.9. The molecule has 0 bridgehead atoms. The van der Waals surface area contributed by atoms with Crippen LogP contribution in [0.15, 0.2) is 53.6 Å². The molecule has 222 valence electrons. The minimum Gasteiger partial charge on any atom is -0.480 e. The van der Waals surface area contributed by atoms with E-state index in [0.717, 1.165) is 42.1 Å². The molecule has 0 aliphatic heterocycles. The SMILES string of the molecule is CCc1cc(-c2cc(F)c(NS(=O)(=O)c3ccccc3Cl)nc2OC)cc2cnc(N[C@H]3CC[C@H](N(C)C)CC3)nc12.